The van der Waals surface area contributed by atoms with Crippen molar-refractivity contribution in [1.29, 1.82) is 0 Å². The van der Waals surface area contributed by atoms with Gasteiger partial charge in [0, 0.05) is 37.6 Å². The van der Waals surface area contributed by atoms with E-state index in [-0.39, 0.29) is 0 Å². The van der Waals surface area contributed by atoms with Gasteiger partial charge >= 0.3 is 0 Å². The van der Waals surface area contributed by atoms with E-state index >= 15 is 0 Å². The van der Waals surface area contributed by atoms with E-state index in [1.54, 1.807) is 6.20 Å². The first-order valence-electron chi connectivity index (χ1n) is 6.98. The molecule has 0 spiro atoms. The molecule has 1 aromatic rings. The Bertz CT molecular complexity index is 401. The lowest BCUT2D eigenvalue weighted by Gasteiger charge is -2.23. The van der Waals surface area contributed by atoms with Crippen molar-refractivity contribution in [3.05, 3.63) is 24.0 Å². The SMILES string of the molecule is Nc1ccnc(CN2CCC(N3CCCC3)C2)c1. The van der Waals surface area contributed by atoms with Gasteiger partial charge in [-0.25, -0.2) is 0 Å². The third kappa shape index (κ3) is 2.65. The van der Waals surface area contributed by atoms with Crippen LogP contribution in [0.15, 0.2) is 18.3 Å². The summed E-state index contributed by atoms with van der Waals surface area (Å²) in [7, 11) is 0. The lowest BCUT2D eigenvalue weighted by Crippen LogP contribution is -2.35. The van der Waals surface area contributed by atoms with E-state index in [2.05, 4.69) is 14.8 Å². The van der Waals surface area contributed by atoms with Gasteiger partial charge in [0.05, 0.1) is 5.69 Å². The molecule has 1 atom stereocenters. The largest absolute Gasteiger partial charge is 0.399 e. The Kier molecular flexibility index (Phi) is 3.48. The molecule has 0 saturated carbocycles. The van der Waals surface area contributed by atoms with Crippen LogP contribution in [-0.4, -0.2) is 47.0 Å². The highest BCUT2D eigenvalue weighted by molar-refractivity contribution is 5.37. The number of pyridine rings is 1. The minimum atomic E-state index is 0.772. The lowest BCUT2D eigenvalue weighted by atomic mass is 10.2. The van der Waals surface area contributed by atoms with Crippen LogP contribution in [0, 0.1) is 0 Å². The minimum Gasteiger partial charge on any atom is -0.399 e. The van der Waals surface area contributed by atoms with Gasteiger partial charge < -0.3 is 5.73 Å². The molecule has 0 aliphatic carbocycles. The molecule has 2 N–H and O–H groups in total. The van der Waals surface area contributed by atoms with Crippen LogP contribution in [-0.2, 0) is 6.54 Å². The fourth-order valence-corrected chi connectivity index (χ4v) is 3.17. The van der Waals surface area contributed by atoms with Gasteiger partial charge in [-0.05, 0) is 44.5 Å². The number of anilines is 1. The Labute approximate surface area is 109 Å². The highest BCUT2D eigenvalue weighted by atomic mass is 15.3. The maximum Gasteiger partial charge on any atom is 0.0564 e. The molecule has 1 unspecified atom stereocenters. The van der Waals surface area contributed by atoms with E-state index in [1.807, 2.05) is 12.1 Å². The van der Waals surface area contributed by atoms with E-state index in [1.165, 1.54) is 45.4 Å². The van der Waals surface area contributed by atoms with Gasteiger partial charge in [0.15, 0.2) is 0 Å². The predicted molar refractivity (Wildman–Crippen MR) is 73.1 cm³/mol. The highest BCUT2D eigenvalue weighted by Crippen LogP contribution is 2.21. The van der Waals surface area contributed by atoms with Crippen LogP contribution < -0.4 is 5.73 Å². The van der Waals surface area contributed by atoms with Crippen LogP contribution >= 0.6 is 0 Å². The summed E-state index contributed by atoms with van der Waals surface area (Å²) in [5.41, 5.74) is 7.70. The average Bonchev–Trinajstić information content (AvgIpc) is 2.98. The van der Waals surface area contributed by atoms with E-state index < -0.39 is 0 Å². The Morgan fingerprint density at radius 3 is 2.89 bits per heavy atom. The van der Waals surface area contributed by atoms with Crippen molar-refractivity contribution in [3.63, 3.8) is 0 Å². The molecule has 1 aromatic heterocycles. The molecule has 2 aliphatic heterocycles. The number of hydrogen-bond acceptors (Lipinski definition) is 4. The monoisotopic (exact) mass is 246 g/mol. The van der Waals surface area contributed by atoms with Gasteiger partial charge in [0.25, 0.3) is 0 Å². The summed E-state index contributed by atoms with van der Waals surface area (Å²) in [6, 6.07) is 4.61. The number of nitrogens with two attached hydrogens (primary N) is 1. The fourth-order valence-electron chi connectivity index (χ4n) is 3.17. The fraction of sp³-hybridized carbons (Fsp3) is 0.643. The first kappa shape index (κ1) is 11.9. The number of aromatic nitrogens is 1. The maximum atomic E-state index is 5.79. The van der Waals surface area contributed by atoms with Crippen molar-refractivity contribution in [2.24, 2.45) is 0 Å². The van der Waals surface area contributed by atoms with Crippen LogP contribution in [0.4, 0.5) is 5.69 Å². The second-order valence-electron chi connectivity index (χ2n) is 5.50. The van der Waals surface area contributed by atoms with Crippen molar-refractivity contribution >= 4 is 5.69 Å². The third-order valence-corrected chi connectivity index (χ3v) is 4.13. The molecule has 3 rings (SSSR count). The first-order chi connectivity index (χ1) is 8.81. The Morgan fingerprint density at radius 2 is 2.11 bits per heavy atom. The van der Waals surface area contributed by atoms with E-state index in [0.717, 1.165) is 24.0 Å². The second-order valence-corrected chi connectivity index (χ2v) is 5.50. The molecule has 18 heavy (non-hydrogen) atoms. The summed E-state index contributed by atoms with van der Waals surface area (Å²) in [5, 5.41) is 0. The molecule has 2 fully saturated rings. The second kappa shape index (κ2) is 5.24. The third-order valence-electron chi connectivity index (χ3n) is 4.13. The molecular weight excluding hydrogens is 224 g/mol. The van der Waals surface area contributed by atoms with Crippen molar-refractivity contribution in [1.82, 2.24) is 14.8 Å². The van der Waals surface area contributed by atoms with Gasteiger partial charge in [0.1, 0.15) is 0 Å². The van der Waals surface area contributed by atoms with Gasteiger partial charge in [-0.15, -0.1) is 0 Å². The summed E-state index contributed by atoms with van der Waals surface area (Å²) >= 11 is 0. The van der Waals surface area contributed by atoms with E-state index in [4.69, 9.17) is 5.73 Å². The van der Waals surface area contributed by atoms with Gasteiger partial charge in [-0.3, -0.25) is 14.8 Å². The smallest absolute Gasteiger partial charge is 0.0564 e. The Morgan fingerprint density at radius 1 is 1.28 bits per heavy atom. The highest BCUT2D eigenvalue weighted by Gasteiger charge is 2.29. The van der Waals surface area contributed by atoms with Crippen LogP contribution in [0.1, 0.15) is 25.0 Å². The summed E-state index contributed by atoms with van der Waals surface area (Å²) in [4.78, 5) is 9.55. The Hall–Kier alpha value is -1.13. The van der Waals surface area contributed by atoms with Crippen molar-refractivity contribution in [3.8, 4) is 0 Å². The molecule has 0 aromatic carbocycles. The summed E-state index contributed by atoms with van der Waals surface area (Å²) in [6.45, 7) is 5.92. The number of hydrogen-bond donors (Lipinski definition) is 1. The number of rotatable bonds is 3. The number of nitrogen functional groups attached to an aromatic ring is 1. The Balaban J connectivity index is 1.55. The summed E-state index contributed by atoms with van der Waals surface area (Å²) in [6.07, 6.45) is 5.88. The minimum absolute atomic E-state index is 0.772. The molecule has 98 valence electrons. The quantitative estimate of drug-likeness (QED) is 0.874. The van der Waals surface area contributed by atoms with E-state index in [9.17, 15) is 0 Å². The van der Waals surface area contributed by atoms with E-state index in [0.29, 0.717) is 0 Å². The molecule has 2 saturated heterocycles. The van der Waals surface area contributed by atoms with Gasteiger partial charge in [-0.2, -0.15) is 0 Å². The van der Waals surface area contributed by atoms with Gasteiger partial charge in [0.2, 0.25) is 0 Å². The molecule has 0 amide bonds. The number of nitrogens with zero attached hydrogens (tertiary/aromatic N) is 3. The van der Waals surface area contributed by atoms with Crippen molar-refractivity contribution in [2.75, 3.05) is 31.9 Å². The van der Waals surface area contributed by atoms with Crippen LogP contribution in [0.25, 0.3) is 0 Å². The van der Waals surface area contributed by atoms with Crippen LogP contribution in [0.2, 0.25) is 0 Å². The van der Waals surface area contributed by atoms with Gasteiger partial charge in [-0.1, -0.05) is 0 Å². The normalized spacial score (nSPS) is 25.9. The van der Waals surface area contributed by atoms with Crippen LogP contribution in [0.5, 0.6) is 0 Å². The molecule has 0 bridgehead atoms. The molecule has 4 heteroatoms. The molecule has 3 heterocycles. The molecular formula is C14H22N4. The lowest BCUT2D eigenvalue weighted by molar-refractivity contribution is 0.229. The maximum absolute atomic E-state index is 5.79. The summed E-state index contributed by atoms with van der Waals surface area (Å²) < 4.78 is 0. The molecule has 2 aliphatic rings. The number of likely N-dealkylation sites (tertiary alicyclic amines) is 2. The standard InChI is InChI=1S/C14H22N4/c15-12-3-5-16-13(9-12)10-17-8-4-14(11-17)18-6-1-2-7-18/h3,5,9,14H,1-2,4,6-8,10-11H2,(H2,15,16). The van der Waals surface area contributed by atoms with Crippen molar-refractivity contribution < 1.29 is 0 Å². The predicted octanol–water partition coefficient (Wildman–Crippen LogP) is 1.33. The zero-order valence-electron chi connectivity index (χ0n) is 10.9. The molecule has 4 nitrogen and oxygen atoms in total. The topological polar surface area (TPSA) is 45.4 Å². The molecule has 0 radical (unpaired) electrons. The van der Waals surface area contributed by atoms with Crippen LogP contribution in [0.3, 0.4) is 0 Å². The van der Waals surface area contributed by atoms with Crippen molar-refractivity contribution in [2.45, 2.75) is 31.8 Å². The first-order valence-corrected chi connectivity index (χ1v) is 6.98. The average molecular weight is 246 g/mol. The zero-order valence-corrected chi connectivity index (χ0v) is 10.9. The zero-order chi connectivity index (χ0) is 12.4. The summed E-state index contributed by atoms with van der Waals surface area (Å²) in [5.74, 6) is 0.